The largest absolute Gasteiger partial charge is 0.489 e. The molecular weight excluding hydrogens is 241 g/mol. The van der Waals surface area contributed by atoms with Gasteiger partial charge in [0.25, 0.3) is 0 Å². The molecule has 19 heavy (non-hydrogen) atoms. The van der Waals surface area contributed by atoms with E-state index in [4.69, 9.17) is 4.74 Å². The van der Waals surface area contributed by atoms with Crippen molar-refractivity contribution in [2.24, 2.45) is 0 Å². The lowest BCUT2D eigenvalue weighted by Crippen LogP contribution is -2.12. The summed E-state index contributed by atoms with van der Waals surface area (Å²) >= 11 is 0. The second kappa shape index (κ2) is 5.31. The fraction of sp³-hybridized carbons (Fsp3) is 0.250. The van der Waals surface area contributed by atoms with Crippen LogP contribution >= 0.6 is 0 Å². The van der Waals surface area contributed by atoms with Gasteiger partial charge in [0.15, 0.2) is 0 Å². The first-order chi connectivity index (χ1) is 9.31. The van der Waals surface area contributed by atoms with Crippen LogP contribution in [0.2, 0.25) is 0 Å². The predicted molar refractivity (Wildman–Crippen MR) is 74.0 cm³/mol. The third-order valence-electron chi connectivity index (χ3n) is 3.31. The number of nitrogens with one attached hydrogen (secondary N) is 1. The molecule has 0 radical (unpaired) electrons. The van der Waals surface area contributed by atoms with Crippen LogP contribution in [0.5, 0.6) is 5.75 Å². The van der Waals surface area contributed by atoms with Crippen LogP contribution in [0.25, 0.3) is 0 Å². The third-order valence-corrected chi connectivity index (χ3v) is 3.31. The fourth-order valence-corrected chi connectivity index (χ4v) is 2.34. The maximum atomic E-state index is 13.0. The van der Waals surface area contributed by atoms with E-state index in [1.54, 1.807) is 12.1 Å². The van der Waals surface area contributed by atoms with Crippen molar-refractivity contribution < 1.29 is 9.13 Å². The van der Waals surface area contributed by atoms with Gasteiger partial charge in [-0.2, -0.15) is 0 Å². The maximum Gasteiger partial charge on any atom is 0.126 e. The highest BCUT2D eigenvalue weighted by molar-refractivity contribution is 5.54. The van der Waals surface area contributed by atoms with E-state index in [1.165, 1.54) is 29.8 Å². The summed E-state index contributed by atoms with van der Waals surface area (Å²) in [5, 5.41) is 3.38. The van der Waals surface area contributed by atoms with E-state index in [0.29, 0.717) is 12.4 Å². The lowest BCUT2D eigenvalue weighted by molar-refractivity contribution is 0.304. The third kappa shape index (κ3) is 2.87. The number of anilines is 1. The van der Waals surface area contributed by atoms with E-state index in [9.17, 15) is 4.39 Å². The van der Waals surface area contributed by atoms with Gasteiger partial charge in [0.1, 0.15) is 18.2 Å². The number of ether oxygens (including phenoxy) is 1. The Morgan fingerprint density at radius 2 is 2.11 bits per heavy atom. The zero-order valence-electron chi connectivity index (χ0n) is 10.7. The fourth-order valence-electron chi connectivity index (χ4n) is 2.34. The number of rotatable bonds is 3. The molecule has 0 amide bonds. The van der Waals surface area contributed by atoms with Gasteiger partial charge in [-0.15, -0.1) is 0 Å². The number of hydrogen-bond donors (Lipinski definition) is 1. The van der Waals surface area contributed by atoms with Crippen LogP contribution in [0.3, 0.4) is 0 Å². The monoisotopic (exact) mass is 257 g/mol. The Morgan fingerprint density at radius 3 is 3.00 bits per heavy atom. The molecule has 3 rings (SSSR count). The number of benzene rings is 2. The Kier molecular flexibility index (Phi) is 3.36. The first-order valence-electron chi connectivity index (χ1n) is 6.55. The quantitative estimate of drug-likeness (QED) is 0.904. The average molecular weight is 257 g/mol. The van der Waals surface area contributed by atoms with Crippen LogP contribution in [-0.2, 0) is 13.0 Å². The molecule has 3 heteroatoms. The van der Waals surface area contributed by atoms with Gasteiger partial charge < -0.3 is 10.1 Å². The van der Waals surface area contributed by atoms with Crippen molar-refractivity contribution in [2.75, 3.05) is 11.9 Å². The predicted octanol–water partition coefficient (Wildman–Crippen LogP) is 3.76. The molecule has 2 aromatic carbocycles. The van der Waals surface area contributed by atoms with Gasteiger partial charge in [-0.3, -0.25) is 0 Å². The minimum absolute atomic E-state index is 0.271. The summed E-state index contributed by atoms with van der Waals surface area (Å²) in [6, 6.07) is 12.6. The lowest BCUT2D eigenvalue weighted by atomic mass is 10.0. The van der Waals surface area contributed by atoms with Crippen molar-refractivity contribution in [1.82, 2.24) is 0 Å². The van der Waals surface area contributed by atoms with Crippen molar-refractivity contribution in [1.29, 1.82) is 0 Å². The molecule has 0 bridgehead atoms. The van der Waals surface area contributed by atoms with Gasteiger partial charge in [0, 0.05) is 18.3 Å². The van der Waals surface area contributed by atoms with E-state index in [2.05, 4.69) is 23.5 Å². The molecule has 98 valence electrons. The van der Waals surface area contributed by atoms with Crippen molar-refractivity contribution >= 4 is 5.69 Å². The summed E-state index contributed by atoms with van der Waals surface area (Å²) in [5.74, 6) is 0.294. The summed E-state index contributed by atoms with van der Waals surface area (Å²) in [4.78, 5) is 0. The molecule has 1 aliphatic rings. The van der Waals surface area contributed by atoms with Gasteiger partial charge in [-0.25, -0.2) is 4.39 Å². The van der Waals surface area contributed by atoms with E-state index in [0.717, 1.165) is 18.5 Å². The van der Waals surface area contributed by atoms with Gasteiger partial charge in [0.05, 0.1) is 0 Å². The number of hydrogen-bond acceptors (Lipinski definition) is 2. The highest BCUT2D eigenvalue weighted by atomic mass is 19.1. The number of halogens is 1. The van der Waals surface area contributed by atoms with Crippen molar-refractivity contribution in [3.8, 4) is 5.75 Å². The van der Waals surface area contributed by atoms with Gasteiger partial charge in [0.2, 0.25) is 0 Å². The molecule has 0 aromatic heterocycles. The molecule has 1 N–H and O–H groups in total. The Hall–Kier alpha value is -2.03. The minimum atomic E-state index is -0.271. The Labute approximate surface area is 112 Å². The smallest absolute Gasteiger partial charge is 0.126 e. The summed E-state index contributed by atoms with van der Waals surface area (Å²) in [5.41, 5.74) is 3.68. The van der Waals surface area contributed by atoms with Crippen molar-refractivity contribution in [2.45, 2.75) is 19.4 Å². The van der Waals surface area contributed by atoms with Gasteiger partial charge in [-0.05, 0) is 42.2 Å². The van der Waals surface area contributed by atoms with E-state index in [1.807, 2.05) is 0 Å². The molecule has 0 aliphatic carbocycles. The SMILES string of the molecule is Fc1cccc(OCc2ccc3c(c2)CCCN3)c1. The molecule has 2 aromatic rings. The van der Waals surface area contributed by atoms with Crippen LogP contribution in [-0.4, -0.2) is 6.54 Å². The van der Waals surface area contributed by atoms with Crippen LogP contribution in [0, 0.1) is 5.82 Å². The average Bonchev–Trinajstić information content (AvgIpc) is 2.45. The molecule has 1 aliphatic heterocycles. The number of aryl methyl sites for hydroxylation is 1. The second-order valence-electron chi connectivity index (χ2n) is 4.77. The van der Waals surface area contributed by atoms with E-state index in [-0.39, 0.29) is 5.82 Å². The van der Waals surface area contributed by atoms with Crippen LogP contribution in [0.15, 0.2) is 42.5 Å². The lowest BCUT2D eigenvalue weighted by Gasteiger charge is -2.18. The number of fused-ring (bicyclic) bond motifs is 1. The molecule has 2 nitrogen and oxygen atoms in total. The van der Waals surface area contributed by atoms with Crippen LogP contribution in [0.1, 0.15) is 17.5 Å². The van der Waals surface area contributed by atoms with Crippen molar-refractivity contribution in [3.63, 3.8) is 0 Å². The Morgan fingerprint density at radius 1 is 1.16 bits per heavy atom. The van der Waals surface area contributed by atoms with Crippen LogP contribution < -0.4 is 10.1 Å². The highest BCUT2D eigenvalue weighted by Gasteiger charge is 2.08. The Bertz CT molecular complexity index is 583. The summed E-state index contributed by atoms with van der Waals surface area (Å²) in [7, 11) is 0. The molecule has 0 unspecified atom stereocenters. The first-order valence-corrected chi connectivity index (χ1v) is 6.55. The van der Waals surface area contributed by atoms with E-state index >= 15 is 0 Å². The van der Waals surface area contributed by atoms with Crippen LogP contribution in [0.4, 0.5) is 10.1 Å². The molecule has 0 fully saturated rings. The van der Waals surface area contributed by atoms with Gasteiger partial charge >= 0.3 is 0 Å². The zero-order chi connectivity index (χ0) is 13.1. The summed E-state index contributed by atoms with van der Waals surface area (Å²) < 4.78 is 18.6. The van der Waals surface area contributed by atoms with Gasteiger partial charge in [-0.1, -0.05) is 18.2 Å². The topological polar surface area (TPSA) is 21.3 Å². The molecule has 1 heterocycles. The zero-order valence-corrected chi connectivity index (χ0v) is 10.7. The molecule has 0 saturated carbocycles. The second-order valence-corrected chi connectivity index (χ2v) is 4.77. The standard InChI is InChI=1S/C16H16FNO/c17-14-4-1-5-15(10-14)19-11-12-6-7-16-13(9-12)3-2-8-18-16/h1,4-7,9-10,18H,2-3,8,11H2. The molecular formula is C16H16FNO. The van der Waals surface area contributed by atoms with E-state index < -0.39 is 0 Å². The maximum absolute atomic E-state index is 13.0. The molecule has 0 saturated heterocycles. The summed E-state index contributed by atoms with van der Waals surface area (Å²) in [6.07, 6.45) is 2.28. The summed E-state index contributed by atoms with van der Waals surface area (Å²) in [6.45, 7) is 1.52. The highest BCUT2D eigenvalue weighted by Crippen LogP contribution is 2.23. The molecule has 0 spiro atoms. The normalized spacial score (nSPS) is 13.5. The van der Waals surface area contributed by atoms with Crippen molar-refractivity contribution in [3.05, 3.63) is 59.4 Å². The first kappa shape index (κ1) is 12.0. The Balaban J connectivity index is 1.70. The minimum Gasteiger partial charge on any atom is -0.489 e. The molecule has 0 atom stereocenters.